The zero-order chi connectivity index (χ0) is 22.4. The molecule has 1 saturated heterocycles. The van der Waals surface area contributed by atoms with Crippen molar-refractivity contribution < 1.29 is 28.6 Å². The molecular weight excluding hydrogens is 403 g/mol. The maximum Gasteiger partial charge on any atom is 0.407 e. The Bertz CT molecular complexity index is 936. The van der Waals surface area contributed by atoms with Gasteiger partial charge in [-0.1, -0.05) is 42.0 Å². The molecule has 7 nitrogen and oxygen atoms in total. The SMILES string of the molecule is CC(=O)NCCO[C@@H](c1cccc(F)c1-c1cccc(C)c1)C1CN(C(=O)O)CCO1. The van der Waals surface area contributed by atoms with E-state index >= 15 is 4.39 Å². The van der Waals surface area contributed by atoms with E-state index < -0.39 is 24.1 Å². The Hall–Kier alpha value is -2.97. The van der Waals surface area contributed by atoms with Crippen LogP contribution in [0.25, 0.3) is 11.1 Å². The van der Waals surface area contributed by atoms with Crippen molar-refractivity contribution in [3.63, 3.8) is 0 Å². The fourth-order valence-corrected chi connectivity index (χ4v) is 3.73. The molecule has 1 aliphatic heterocycles. The van der Waals surface area contributed by atoms with Gasteiger partial charge in [0.05, 0.1) is 19.8 Å². The van der Waals surface area contributed by atoms with Gasteiger partial charge in [-0.25, -0.2) is 9.18 Å². The summed E-state index contributed by atoms with van der Waals surface area (Å²) in [5.74, 6) is -0.582. The molecule has 1 fully saturated rings. The second kappa shape index (κ2) is 10.4. The summed E-state index contributed by atoms with van der Waals surface area (Å²) in [7, 11) is 0. The number of benzene rings is 2. The van der Waals surface area contributed by atoms with Crippen LogP contribution in [0.5, 0.6) is 0 Å². The molecule has 2 N–H and O–H groups in total. The van der Waals surface area contributed by atoms with Gasteiger partial charge in [-0.3, -0.25) is 4.79 Å². The highest BCUT2D eigenvalue weighted by Gasteiger charge is 2.34. The van der Waals surface area contributed by atoms with E-state index in [4.69, 9.17) is 9.47 Å². The topological polar surface area (TPSA) is 88.1 Å². The lowest BCUT2D eigenvalue weighted by molar-refractivity contribution is -0.121. The van der Waals surface area contributed by atoms with Crippen LogP contribution in [-0.4, -0.2) is 61.0 Å². The second-order valence-corrected chi connectivity index (χ2v) is 7.49. The molecule has 0 spiro atoms. The number of hydrogen-bond donors (Lipinski definition) is 2. The zero-order valence-electron chi connectivity index (χ0n) is 17.6. The smallest absolute Gasteiger partial charge is 0.407 e. The lowest BCUT2D eigenvalue weighted by Gasteiger charge is -2.36. The molecule has 1 unspecified atom stereocenters. The first-order valence-corrected chi connectivity index (χ1v) is 10.2. The van der Waals surface area contributed by atoms with Gasteiger partial charge in [-0.2, -0.15) is 0 Å². The summed E-state index contributed by atoms with van der Waals surface area (Å²) < 4.78 is 27.0. The number of ether oxygens (including phenoxy) is 2. The standard InChI is InChI=1S/C23H27FN2O5/c1-15-5-3-6-17(13-15)21-18(7-4-8-19(21)24)22(31-11-9-25-16(2)27)20-14-26(23(28)29)10-12-30-20/h3-8,13,20,22H,9-12,14H2,1-2H3,(H,25,27)(H,28,29)/t20?,22-/m0/s1. The first-order valence-electron chi connectivity index (χ1n) is 10.2. The number of amides is 2. The van der Waals surface area contributed by atoms with Crippen LogP contribution in [0, 0.1) is 12.7 Å². The summed E-state index contributed by atoms with van der Waals surface area (Å²) >= 11 is 0. The van der Waals surface area contributed by atoms with E-state index in [9.17, 15) is 14.7 Å². The Morgan fingerprint density at radius 1 is 1.32 bits per heavy atom. The van der Waals surface area contributed by atoms with Crippen molar-refractivity contribution in [2.75, 3.05) is 32.8 Å². The van der Waals surface area contributed by atoms with Gasteiger partial charge in [0.1, 0.15) is 18.0 Å². The van der Waals surface area contributed by atoms with Crippen molar-refractivity contribution in [3.8, 4) is 11.1 Å². The molecule has 0 saturated carbocycles. The molecule has 2 amide bonds. The maximum atomic E-state index is 15.0. The Balaban J connectivity index is 1.97. The predicted octanol–water partition coefficient (Wildman–Crippen LogP) is 3.37. The molecule has 2 atom stereocenters. The highest BCUT2D eigenvalue weighted by atomic mass is 19.1. The number of halogens is 1. The predicted molar refractivity (Wildman–Crippen MR) is 113 cm³/mol. The molecule has 0 bridgehead atoms. The lowest BCUT2D eigenvalue weighted by atomic mass is 9.92. The number of nitrogens with zero attached hydrogens (tertiary/aromatic N) is 1. The number of carbonyl (C=O) groups is 2. The van der Waals surface area contributed by atoms with Crippen LogP contribution < -0.4 is 5.32 Å². The average molecular weight is 430 g/mol. The summed E-state index contributed by atoms with van der Waals surface area (Å²) in [4.78, 5) is 23.9. The van der Waals surface area contributed by atoms with E-state index in [2.05, 4.69) is 5.32 Å². The normalized spacial score (nSPS) is 17.3. The van der Waals surface area contributed by atoms with Crippen LogP contribution in [0.2, 0.25) is 0 Å². The first kappa shape index (κ1) is 22.7. The quantitative estimate of drug-likeness (QED) is 0.658. The molecule has 1 aliphatic rings. The second-order valence-electron chi connectivity index (χ2n) is 7.49. The van der Waals surface area contributed by atoms with Gasteiger partial charge in [0.25, 0.3) is 0 Å². The number of carboxylic acid groups (broad SMARTS) is 1. The Kier molecular flexibility index (Phi) is 7.59. The number of morpholine rings is 1. The van der Waals surface area contributed by atoms with E-state index in [1.54, 1.807) is 12.1 Å². The maximum absolute atomic E-state index is 15.0. The minimum Gasteiger partial charge on any atom is -0.465 e. The third-order valence-corrected chi connectivity index (χ3v) is 5.13. The van der Waals surface area contributed by atoms with E-state index in [1.165, 1.54) is 17.9 Å². The highest BCUT2D eigenvalue weighted by molar-refractivity contribution is 5.72. The van der Waals surface area contributed by atoms with Gasteiger partial charge in [-0.15, -0.1) is 0 Å². The van der Waals surface area contributed by atoms with Crippen molar-refractivity contribution in [3.05, 3.63) is 59.4 Å². The van der Waals surface area contributed by atoms with Crippen LogP contribution in [0.15, 0.2) is 42.5 Å². The minimum atomic E-state index is -1.04. The van der Waals surface area contributed by atoms with Crippen molar-refractivity contribution in [1.29, 1.82) is 0 Å². The van der Waals surface area contributed by atoms with Gasteiger partial charge < -0.3 is 24.8 Å². The molecule has 0 aromatic heterocycles. The highest BCUT2D eigenvalue weighted by Crippen LogP contribution is 2.36. The molecule has 166 valence electrons. The Morgan fingerprint density at radius 2 is 2.10 bits per heavy atom. The fourth-order valence-electron chi connectivity index (χ4n) is 3.73. The number of nitrogens with one attached hydrogen (secondary N) is 1. The average Bonchev–Trinajstić information content (AvgIpc) is 2.73. The van der Waals surface area contributed by atoms with Gasteiger partial charge in [0, 0.05) is 25.6 Å². The van der Waals surface area contributed by atoms with Gasteiger partial charge in [-0.05, 0) is 24.1 Å². The first-order chi connectivity index (χ1) is 14.9. The summed E-state index contributed by atoms with van der Waals surface area (Å²) in [5, 5.41) is 12.1. The Morgan fingerprint density at radius 3 is 2.81 bits per heavy atom. The molecule has 0 radical (unpaired) electrons. The Labute approximate surface area is 180 Å². The van der Waals surface area contributed by atoms with Gasteiger partial charge in [0.15, 0.2) is 0 Å². The summed E-state index contributed by atoms with van der Waals surface area (Å²) in [5.41, 5.74) is 2.66. The number of rotatable bonds is 7. The van der Waals surface area contributed by atoms with Gasteiger partial charge in [0.2, 0.25) is 5.91 Å². The third kappa shape index (κ3) is 5.80. The van der Waals surface area contributed by atoms with Crippen LogP contribution in [0.1, 0.15) is 24.2 Å². The van der Waals surface area contributed by atoms with Crippen molar-refractivity contribution in [2.24, 2.45) is 0 Å². The van der Waals surface area contributed by atoms with Crippen molar-refractivity contribution in [1.82, 2.24) is 10.2 Å². The summed E-state index contributed by atoms with van der Waals surface area (Å²) in [6.45, 7) is 4.37. The molecular formula is C23H27FN2O5. The molecule has 8 heteroatoms. The number of carbonyl (C=O) groups excluding carboxylic acids is 1. The molecule has 2 aromatic carbocycles. The van der Waals surface area contributed by atoms with Crippen molar-refractivity contribution in [2.45, 2.75) is 26.1 Å². The van der Waals surface area contributed by atoms with Crippen LogP contribution in [-0.2, 0) is 14.3 Å². The third-order valence-electron chi connectivity index (χ3n) is 5.13. The van der Waals surface area contributed by atoms with E-state index in [0.717, 1.165) is 5.56 Å². The monoisotopic (exact) mass is 430 g/mol. The van der Waals surface area contributed by atoms with E-state index in [1.807, 2.05) is 31.2 Å². The molecule has 1 heterocycles. The summed E-state index contributed by atoms with van der Waals surface area (Å²) in [6, 6.07) is 12.3. The summed E-state index contributed by atoms with van der Waals surface area (Å²) in [6.07, 6.45) is -2.38. The molecule has 3 rings (SSSR count). The largest absolute Gasteiger partial charge is 0.465 e. The van der Waals surface area contributed by atoms with E-state index in [-0.39, 0.29) is 38.8 Å². The zero-order valence-corrected chi connectivity index (χ0v) is 17.6. The van der Waals surface area contributed by atoms with Crippen LogP contribution in [0.3, 0.4) is 0 Å². The minimum absolute atomic E-state index is 0.101. The lowest BCUT2D eigenvalue weighted by Crippen LogP contribution is -2.48. The molecule has 2 aromatic rings. The van der Waals surface area contributed by atoms with Gasteiger partial charge >= 0.3 is 6.09 Å². The molecule has 31 heavy (non-hydrogen) atoms. The number of hydrogen-bond acceptors (Lipinski definition) is 4. The van der Waals surface area contributed by atoms with Crippen LogP contribution in [0.4, 0.5) is 9.18 Å². The fraction of sp³-hybridized carbons (Fsp3) is 0.391. The van der Waals surface area contributed by atoms with Crippen molar-refractivity contribution >= 4 is 12.0 Å². The van der Waals surface area contributed by atoms with E-state index in [0.29, 0.717) is 16.7 Å². The van der Waals surface area contributed by atoms with Crippen LogP contribution >= 0.6 is 0 Å². The number of aryl methyl sites for hydroxylation is 1. The molecule has 0 aliphatic carbocycles.